The van der Waals surface area contributed by atoms with Crippen LogP contribution in [0, 0.1) is 0 Å². The first-order valence-corrected chi connectivity index (χ1v) is 4.76. The third-order valence-corrected chi connectivity index (χ3v) is 2.46. The smallest absolute Gasteiger partial charge is 0.161 e. The molecule has 0 amide bonds. The van der Waals surface area contributed by atoms with Gasteiger partial charge >= 0.3 is 0 Å². The van der Waals surface area contributed by atoms with Crippen molar-refractivity contribution < 1.29 is 33.9 Å². The molecule has 16 heavy (non-hydrogen) atoms. The van der Waals surface area contributed by atoms with Crippen LogP contribution >= 0.6 is 12.6 Å². The summed E-state index contributed by atoms with van der Waals surface area (Å²) in [6.45, 7) is 2.68. The molecule has 1 aromatic rings. The molecule has 0 aliphatic heterocycles. The molecule has 0 fully saturated rings. The van der Waals surface area contributed by atoms with E-state index in [2.05, 4.69) is 12.6 Å². The number of hydrogen-bond donors (Lipinski definition) is 1. The molecule has 0 atom stereocenters. The van der Waals surface area contributed by atoms with Crippen molar-refractivity contribution in [1.29, 1.82) is 0 Å². The molecule has 0 bridgehead atoms. The molecule has 1 rings (SSSR count). The molecule has 3 nitrogen and oxygen atoms in total. The maximum atomic E-state index is 11.4. The molecule has 0 heterocycles. The van der Waals surface area contributed by atoms with Crippen LogP contribution in [-0.2, 0) is 19.5 Å². The average molecular weight is 288 g/mol. The second-order valence-corrected chi connectivity index (χ2v) is 3.63. The zero-order valence-electron chi connectivity index (χ0n) is 9.11. The van der Waals surface area contributed by atoms with E-state index in [4.69, 9.17) is 0 Å². The van der Waals surface area contributed by atoms with Gasteiger partial charge in [-0.05, 0) is 26.0 Å². The van der Waals surface area contributed by atoms with Crippen molar-refractivity contribution in [3.05, 3.63) is 28.8 Å². The Hall–Kier alpha value is -0.797. The molecule has 0 aliphatic carbocycles. The van der Waals surface area contributed by atoms with Crippen molar-refractivity contribution in [2.75, 3.05) is 0 Å². The van der Waals surface area contributed by atoms with Gasteiger partial charge in [0.15, 0.2) is 17.9 Å². The topological polar surface area (TPSA) is 51.2 Å². The van der Waals surface area contributed by atoms with Crippen LogP contribution in [0.5, 0.6) is 0 Å². The van der Waals surface area contributed by atoms with Gasteiger partial charge in [-0.3, -0.25) is 14.4 Å². The predicted molar refractivity (Wildman–Crippen MR) is 59.1 cm³/mol. The number of ketones is 2. The van der Waals surface area contributed by atoms with Crippen LogP contribution in [0.25, 0.3) is 0 Å². The summed E-state index contributed by atoms with van der Waals surface area (Å²) in [7, 11) is 0. The number of Topliss-reactive ketones (excluding diaryl/α,β-unsaturated/α-hetero) is 2. The molecule has 0 aliphatic rings. The number of thiol groups is 1. The fourth-order valence-electron chi connectivity index (χ4n) is 1.40. The van der Waals surface area contributed by atoms with E-state index in [0.717, 1.165) is 0 Å². The van der Waals surface area contributed by atoms with Gasteiger partial charge in [0.2, 0.25) is 0 Å². The quantitative estimate of drug-likeness (QED) is 0.401. The van der Waals surface area contributed by atoms with Crippen molar-refractivity contribution in [2.24, 2.45) is 0 Å². The number of benzene rings is 1. The number of hydrogen-bond acceptors (Lipinski definition) is 4. The van der Waals surface area contributed by atoms with Crippen molar-refractivity contribution in [3.8, 4) is 0 Å². The Labute approximate surface area is 112 Å². The Morgan fingerprint density at radius 1 is 1.19 bits per heavy atom. The van der Waals surface area contributed by atoms with E-state index < -0.39 is 0 Å². The fraction of sp³-hybridized carbons (Fsp3) is 0.182. The minimum Gasteiger partial charge on any atom is -0.298 e. The third-order valence-electron chi connectivity index (χ3n) is 2.07. The van der Waals surface area contributed by atoms with Gasteiger partial charge in [-0.1, -0.05) is 0 Å². The predicted octanol–water partition coefficient (Wildman–Crippen LogP) is 2.19. The summed E-state index contributed by atoms with van der Waals surface area (Å²) in [6.07, 6.45) is 0.547. The summed E-state index contributed by atoms with van der Waals surface area (Å²) in [6, 6.07) is 3.05. The Bertz CT molecular complexity index is 455. The monoisotopic (exact) mass is 286 g/mol. The minimum atomic E-state index is -0.307. The summed E-state index contributed by atoms with van der Waals surface area (Å²) in [4.78, 5) is 33.8. The maximum absolute atomic E-state index is 11.4. The van der Waals surface area contributed by atoms with E-state index in [1.165, 1.54) is 26.0 Å². The van der Waals surface area contributed by atoms with E-state index in [1.54, 1.807) is 0 Å². The van der Waals surface area contributed by atoms with Crippen LogP contribution in [0.3, 0.4) is 0 Å². The Morgan fingerprint density at radius 2 is 1.75 bits per heavy atom. The summed E-state index contributed by atoms with van der Waals surface area (Å²) in [5.41, 5.74) is 0.603. The van der Waals surface area contributed by atoms with Gasteiger partial charge in [-0.15, -0.1) is 12.6 Å². The molecule has 1 aromatic carbocycles. The van der Waals surface area contributed by atoms with Crippen molar-refractivity contribution in [3.63, 3.8) is 0 Å². The molecule has 80 valence electrons. The Kier molecular flexibility index (Phi) is 5.76. The first-order chi connectivity index (χ1) is 6.99. The molecule has 0 saturated carbocycles. The first kappa shape index (κ1) is 15.2. The largest absolute Gasteiger partial charge is 0.298 e. The van der Waals surface area contributed by atoms with Crippen LogP contribution in [0.15, 0.2) is 17.0 Å². The molecule has 0 aromatic heterocycles. The molecule has 0 spiro atoms. The molecule has 0 radical (unpaired) electrons. The van der Waals surface area contributed by atoms with Crippen LogP contribution in [0.1, 0.15) is 44.9 Å². The minimum absolute atomic E-state index is 0. The van der Waals surface area contributed by atoms with Crippen molar-refractivity contribution in [2.45, 2.75) is 18.7 Å². The van der Waals surface area contributed by atoms with Crippen LogP contribution < -0.4 is 0 Å². The molecule has 0 N–H and O–H groups in total. The number of carbonyl (C=O) groups excluding carboxylic acids is 3. The number of aldehydes is 1. The van der Waals surface area contributed by atoms with Crippen LogP contribution in [-0.4, -0.2) is 17.9 Å². The average Bonchev–Trinajstić information content (AvgIpc) is 2.16. The normalized spacial score (nSPS) is 9.19. The SMILES string of the molecule is CC(=O)c1ccc(S)c(C=O)c1C(C)=O.[Zn]. The van der Waals surface area contributed by atoms with E-state index in [-0.39, 0.29) is 47.7 Å². The zero-order chi connectivity index (χ0) is 11.6. The summed E-state index contributed by atoms with van der Waals surface area (Å²) in [5, 5.41) is 0. The van der Waals surface area contributed by atoms with E-state index in [9.17, 15) is 14.4 Å². The van der Waals surface area contributed by atoms with E-state index >= 15 is 0 Å². The third kappa shape index (κ3) is 2.86. The van der Waals surface area contributed by atoms with Crippen LogP contribution in [0.4, 0.5) is 0 Å². The summed E-state index contributed by atoms with van der Waals surface area (Å²) >= 11 is 4.06. The fourth-order valence-corrected chi connectivity index (χ4v) is 1.64. The van der Waals surface area contributed by atoms with Gasteiger partial charge in [0, 0.05) is 41.1 Å². The van der Waals surface area contributed by atoms with Crippen molar-refractivity contribution in [1.82, 2.24) is 0 Å². The molecule has 5 heteroatoms. The molecular weight excluding hydrogens is 278 g/mol. The molecule has 0 saturated heterocycles. The second kappa shape index (κ2) is 6.07. The Balaban J connectivity index is 0.00000225. The number of rotatable bonds is 3. The van der Waals surface area contributed by atoms with Gasteiger partial charge in [0.05, 0.1) is 0 Å². The van der Waals surface area contributed by atoms with Gasteiger partial charge in [0.1, 0.15) is 0 Å². The number of carbonyl (C=O) groups is 3. The maximum Gasteiger partial charge on any atom is 0.161 e. The van der Waals surface area contributed by atoms with Gasteiger partial charge in [-0.25, -0.2) is 0 Å². The van der Waals surface area contributed by atoms with E-state index in [1.807, 2.05) is 0 Å². The standard InChI is InChI=1S/C11H10O3S.Zn/c1-6(13)8-3-4-10(15)9(5-12)11(8)7(2)14;/h3-5,15H,1-2H3;. The summed E-state index contributed by atoms with van der Waals surface area (Å²) < 4.78 is 0. The van der Waals surface area contributed by atoms with Gasteiger partial charge in [-0.2, -0.15) is 0 Å². The van der Waals surface area contributed by atoms with Gasteiger partial charge in [0.25, 0.3) is 0 Å². The zero-order valence-corrected chi connectivity index (χ0v) is 13.0. The molecule has 0 unspecified atom stereocenters. The Morgan fingerprint density at radius 3 is 2.12 bits per heavy atom. The first-order valence-electron chi connectivity index (χ1n) is 4.32. The van der Waals surface area contributed by atoms with Crippen LogP contribution in [0.2, 0.25) is 0 Å². The van der Waals surface area contributed by atoms with E-state index in [0.29, 0.717) is 11.2 Å². The summed E-state index contributed by atoms with van der Waals surface area (Å²) in [5.74, 6) is -0.546. The molecular formula is C11H10O3SZn. The van der Waals surface area contributed by atoms with Gasteiger partial charge < -0.3 is 0 Å². The van der Waals surface area contributed by atoms with Crippen molar-refractivity contribution >= 4 is 30.5 Å². The second-order valence-electron chi connectivity index (χ2n) is 3.15.